The summed E-state index contributed by atoms with van der Waals surface area (Å²) in [7, 11) is 0. The third-order valence-electron chi connectivity index (χ3n) is 3.38. The van der Waals surface area contributed by atoms with Crippen molar-refractivity contribution in [3.63, 3.8) is 0 Å². The Kier molecular flexibility index (Phi) is 4.19. The standard InChI is InChI=1S/C18H14N2S2/c1-12-3-5-14(6-4-12)16-11-22-18(20-16)15(10-19)9-17-13(2)7-8-21-17/h3-9,11H,1-2H3/b15-9-. The Morgan fingerprint density at radius 3 is 2.55 bits per heavy atom. The molecular weight excluding hydrogens is 308 g/mol. The van der Waals surface area contributed by atoms with Crippen LogP contribution in [0.15, 0.2) is 41.1 Å². The van der Waals surface area contributed by atoms with Crippen LogP contribution < -0.4 is 0 Å². The van der Waals surface area contributed by atoms with Gasteiger partial charge in [0.25, 0.3) is 0 Å². The highest BCUT2D eigenvalue weighted by Crippen LogP contribution is 2.29. The van der Waals surface area contributed by atoms with Crippen LogP contribution in [0, 0.1) is 25.2 Å². The minimum absolute atomic E-state index is 0.619. The molecule has 0 aliphatic heterocycles. The van der Waals surface area contributed by atoms with Crippen molar-refractivity contribution in [1.29, 1.82) is 5.26 Å². The molecule has 2 aromatic heterocycles. The molecule has 0 bridgehead atoms. The maximum atomic E-state index is 9.44. The predicted octanol–water partition coefficient (Wildman–Crippen LogP) is 5.55. The Labute approximate surface area is 138 Å². The zero-order valence-corrected chi connectivity index (χ0v) is 14.0. The number of hydrogen-bond acceptors (Lipinski definition) is 4. The maximum absolute atomic E-state index is 9.44. The summed E-state index contributed by atoms with van der Waals surface area (Å²) in [4.78, 5) is 5.74. The normalized spacial score (nSPS) is 11.4. The van der Waals surface area contributed by atoms with Crippen LogP contribution >= 0.6 is 22.7 Å². The zero-order chi connectivity index (χ0) is 15.5. The van der Waals surface area contributed by atoms with E-state index in [-0.39, 0.29) is 0 Å². The summed E-state index contributed by atoms with van der Waals surface area (Å²) in [6.45, 7) is 4.12. The fourth-order valence-electron chi connectivity index (χ4n) is 2.06. The fraction of sp³-hybridized carbons (Fsp3) is 0.111. The number of aromatic nitrogens is 1. The number of thiophene rings is 1. The van der Waals surface area contributed by atoms with Gasteiger partial charge in [0, 0.05) is 15.8 Å². The van der Waals surface area contributed by atoms with Crippen molar-refractivity contribution in [2.75, 3.05) is 0 Å². The molecule has 3 rings (SSSR count). The average Bonchev–Trinajstić information content (AvgIpc) is 3.15. The molecule has 0 radical (unpaired) electrons. The SMILES string of the molecule is Cc1ccc(-c2csc(/C(C#N)=C\c3sccc3C)n2)cc1. The third kappa shape index (κ3) is 3.01. The molecule has 0 fully saturated rings. The highest BCUT2D eigenvalue weighted by molar-refractivity contribution is 7.12. The summed E-state index contributed by atoms with van der Waals surface area (Å²) < 4.78 is 0. The van der Waals surface area contributed by atoms with E-state index in [1.807, 2.05) is 16.8 Å². The number of nitriles is 1. The van der Waals surface area contributed by atoms with Gasteiger partial charge in [0.15, 0.2) is 0 Å². The Morgan fingerprint density at radius 1 is 1.14 bits per heavy atom. The molecule has 0 saturated carbocycles. The van der Waals surface area contributed by atoms with Crippen molar-refractivity contribution in [3.8, 4) is 17.3 Å². The molecule has 0 unspecified atom stereocenters. The van der Waals surface area contributed by atoms with E-state index in [1.165, 1.54) is 22.5 Å². The van der Waals surface area contributed by atoms with Gasteiger partial charge in [0.2, 0.25) is 0 Å². The number of hydrogen-bond donors (Lipinski definition) is 0. The van der Waals surface area contributed by atoms with Gasteiger partial charge < -0.3 is 0 Å². The van der Waals surface area contributed by atoms with Gasteiger partial charge in [0.05, 0.1) is 11.3 Å². The van der Waals surface area contributed by atoms with Gasteiger partial charge in [0.1, 0.15) is 11.1 Å². The van der Waals surface area contributed by atoms with E-state index in [1.54, 1.807) is 11.3 Å². The van der Waals surface area contributed by atoms with Crippen LogP contribution in [0.1, 0.15) is 21.0 Å². The quantitative estimate of drug-likeness (QED) is 0.592. The first-order valence-corrected chi connectivity index (χ1v) is 8.62. The molecule has 0 aliphatic carbocycles. The smallest absolute Gasteiger partial charge is 0.134 e. The number of thiazole rings is 1. The van der Waals surface area contributed by atoms with E-state index in [9.17, 15) is 5.26 Å². The van der Waals surface area contributed by atoms with E-state index in [4.69, 9.17) is 0 Å². The van der Waals surface area contributed by atoms with Crippen molar-refractivity contribution < 1.29 is 0 Å². The van der Waals surface area contributed by atoms with Crippen molar-refractivity contribution in [3.05, 3.63) is 62.1 Å². The second kappa shape index (κ2) is 6.27. The summed E-state index contributed by atoms with van der Waals surface area (Å²) in [5.74, 6) is 0. The lowest BCUT2D eigenvalue weighted by Gasteiger charge is -1.97. The molecule has 0 amide bonds. The van der Waals surface area contributed by atoms with Crippen LogP contribution in [0.3, 0.4) is 0 Å². The highest BCUT2D eigenvalue weighted by Gasteiger charge is 2.10. The molecule has 2 nitrogen and oxygen atoms in total. The number of rotatable bonds is 3. The Balaban J connectivity index is 1.95. The first-order chi connectivity index (χ1) is 10.7. The third-order valence-corrected chi connectivity index (χ3v) is 5.22. The van der Waals surface area contributed by atoms with Crippen molar-refractivity contribution >= 4 is 34.3 Å². The minimum Gasteiger partial charge on any atom is -0.235 e. The van der Waals surface area contributed by atoms with Gasteiger partial charge >= 0.3 is 0 Å². The summed E-state index contributed by atoms with van der Waals surface area (Å²) in [5.41, 5.74) is 5.04. The molecule has 3 aromatic rings. The molecule has 0 N–H and O–H groups in total. The van der Waals surface area contributed by atoms with E-state index in [0.717, 1.165) is 21.1 Å². The van der Waals surface area contributed by atoms with Crippen LogP contribution in [0.25, 0.3) is 22.9 Å². The summed E-state index contributed by atoms with van der Waals surface area (Å²) in [6, 6.07) is 12.6. The van der Waals surface area contributed by atoms with Gasteiger partial charge in [-0.05, 0) is 36.9 Å². The molecular formula is C18H14N2S2. The summed E-state index contributed by atoms with van der Waals surface area (Å²) in [6.07, 6.45) is 1.93. The second-order valence-electron chi connectivity index (χ2n) is 5.04. The number of benzene rings is 1. The van der Waals surface area contributed by atoms with Crippen LogP contribution in [0.2, 0.25) is 0 Å². The Morgan fingerprint density at radius 2 is 1.91 bits per heavy atom. The van der Waals surface area contributed by atoms with E-state index < -0.39 is 0 Å². The second-order valence-corrected chi connectivity index (χ2v) is 6.85. The molecule has 4 heteroatoms. The van der Waals surface area contributed by atoms with E-state index in [0.29, 0.717) is 5.57 Å². The number of nitrogens with zero attached hydrogens (tertiary/aromatic N) is 2. The van der Waals surface area contributed by atoms with Gasteiger partial charge in [-0.15, -0.1) is 22.7 Å². The lowest BCUT2D eigenvalue weighted by atomic mass is 10.1. The summed E-state index contributed by atoms with van der Waals surface area (Å²) >= 11 is 3.15. The molecule has 0 saturated heterocycles. The predicted molar refractivity (Wildman–Crippen MR) is 94.8 cm³/mol. The lowest BCUT2D eigenvalue weighted by Crippen LogP contribution is -1.83. The number of aryl methyl sites for hydroxylation is 2. The monoisotopic (exact) mass is 322 g/mol. The van der Waals surface area contributed by atoms with Crippen LogP contribution in [0.5, 0.6) is 0 Å². The largest absolute Gasteiger partial charge is 0.235 e. The van der Waals surface area contributed by atoms with Gasteiger partial charge in [-0.1, -0.05) is 29.8 Å². The summed E-state index contributed by atoms with van der Waals surface area (Å²) in [5, 5.41) is 14.3. The van der Waals surface area contributed by atoms with E-state index >= 15 is 0 Å². The molecule has 108 valence electrons. The Bertz CT molecular complexity index is 861. The van der Waals surface area contributed by atoms with Gasteiger partial charge in [-0.25, -0.2) is 4.98 Å². The van der Waals surface area contributed by atoms with Crippen LogP contribution in [0.4, 0.5) is 0 Å². The molecule has 0 aliphatic rings. The van der Waals surface area contributed by atoms with E-state index in [2.05, 4.69) is 55.2 Å². The lowest BCUT2D eigenvalue weighted by molar-refractivity contribution is 1.36. The fourth-order valence-corrected chi connectivity index (χ4v) is 3.71. The first-order valence-electron chi connectivity index (χ1n) is 6.86. The molecule has 1 aromatic carbocycles. The van der Waals surface area contributed by atoms with Gasteiger partial charge in [-0.3, -0.25) is 0 Å². The topological polar surface area (TPSA) is 36.7 Å². The maximum Gasteiger partial charge on any atom is 0.134 e. The van der Waals surface area contributed by atoms with Crippen LogP contribution in [-0.4, -0.2) is 4.98 Å². The average molecular weight is 322 g/mol. The number of allylic oxidation sites excluding steroid dienone is 1. The molecule has 0 spiro atoms. The Hall–Kier alpha value is -2.22. The molecule has 0 atom stereocenters. The minimum atomic E-state index is 0.619. The van der Waals surface area contributed by atoms with Crippen molar-refractivity contribution in [2.24, 2.45) is 0 Å². The first kappa shape index (κ1) is 14.7. The van der Waals surface area contributed by atoms with Crippen LogP contribution in [-0.2, 0) is 0 Å². The van der Waals surface area contributed by atoms with Crippen molar-refractivity contribution in [2.45, 2.75) is 13.8 Å². The van der Waals surface area contributed by atoms with Gasteiger partial charge in [-0.2, -0.15) is 5.26 Å². The molecule has 22 heavy (non-hydrogen) atoms. The van der Waals surface area contributed by atoms with Crippen molar-refractivity contribution in [1.82, 2.24) is 4.98 Å². The molecule has 2 heterocycles. The zero-order valence-electron chi connectivity index (χ0n) is 12.3. The highest BCUT2D eigenvalue weighted by atomic mass is 32.1.